The van der Waals surface area contributed by atoms with Gasteiger partial charge in [-0.1, -0.05) is 78.4 Å². The fourth-order valence-electron chi connectivity index (χ4n) is 5.13. The molecule has 172 valence electrons. The van der Waals surface area contributed by atoms with Crippen LogP contribution < -0.4 is 0 Å². The van der Waals surface area contributed by atoms with Gasteiger partial charge in [-0.25, -0.2) is 0 Å². The van der Waals surface area contributed by atoms with Crippen molar-refractivity contribution in [3.05, 3.63) is 113 Å². The highest BCUT2D eigenvalue weighted by atomic mass is 16.2. The molecule has 5 rings (SSSR count). The maximum atomic E-state index is 12.5. The maximum Gasteiger partial charge on any atom is 0.261 e. The Balaban J connectivity index is 1.16. The van der Waals surface area contributed by atoms with Gasteiger partial charge in [-0.3, -0.25) is 14.5 Å². The van der Waals surface area contributed by atoms with E-state index in [0.29, 0.717) is 17.7 Å². The van der Waals surface area contributed by atoms with Crippen molar-refractivity contribution in [3.63, 3.8) is 0 Å². The molecule has 0 spiro atoms. The van der Waals surface area contributed by atoms with Crippen LogP contribution in [0.5, 0.6) is 0 Å². The molecule has 2 heterocycles. The van der Waals surface area contributed by atoms with Gasteiger partial charge in [0.2, 0.25) is 0 Å². The van der Waals surface area contributed by atoms with E-state index in [-0.39, 0.29) is 11.8 Å². The number of unbranched alkanes of at least 4 members (excludes halogenated alkanes) is 1. The fraction of sp³-hybridized carbons (Fsp3) is 0.267. The summed E-state index contributed by atoms with van der Waals surface area (Å²) in [5.41, 5.74) is 6.56. The van der Waals surface area contributed by atoms with Gasteiger partial charge in [0.25, 0.3) is 11.8 Å². The van der Waals surface area contributed by atoms with Gasteiger partial charge in [0.15, 0.2) is 0 Å². The van der Waals surface area contributed by atoms with Crippen LogP contribution in [-0.4, -0.2) is 47.8 Å². The SMILES string of the molecule is O=C1c2ccccc2C(=O)N1CCCCN1CCC(=C(c2ccccc2)c2ccccc2)CC1. The lowest BCUT2D eigenvalue weighted by molar-refractivity contribution is 0.0650. The minimum Gasteiger partial charge on any atom is -0.303 e. The van der Waals surface area contributed by atoms with Gasteiger partial charge in [0, 0.05) is 19.6 Å². The van der Waals surface area contributed by atoms with E-state index in [1.54, 1.807) is 12.1 Å². The van der Waals surface area contributed by atoms with E-state index >= 15 is 0 Å². The lowest BCUT2D eigenvalue weighted by Gasteiger charge is -2.30. The van der Waals surface area contributed by atoms with Crippen LogP contribution in [0.1, 0.15) is 57.5 Å². The summed E-state index contributed by atoms with van der Waals surface area (Å²) in [5, 5.41) is 0. The molecular weight excluding hydrogens is 420 g/mol. The second kappa shape index (κ2) is 10.2. The molecule has 3 aromatic rings. The minimum atomic E-state index is -0.150. The van der Waals surface area contributed by atoms with E-state index in [1.165, 1.54) is 27.2 Å². The van der Waals surface area contributed by atoms with Crippen molar-refractivity contribution in [1.82, 2.24) is 9.80 Å². The second-order valence-electron chi connectivity index (χ2n) is 9.07. The molecule has 1 saturated heterocycles. The Morgan fingerprint density at radius 1 is 0.618 bits per heavy atom. The summed E-state index contributed by atoms with van der Waals surface area (Å²) in [5.74, 6) is -0.301. The zero-order valence-electron chi connectivity index (χ0n) is 19.5. The standard InChI is InChI=1S/C30H30N2O2/c33-29-26-15-7-8-16-27(26)30(34)32(29)20-10-9-19-31-21-17-25(18-22-31)28(23-11-3-1-4-12-23)24-13-5-2-6-14-24/h1-8,11-16H,9-10,17-22H2. The molecule has 2 aliphatic rings. The molecule has 1 fully saturated rings. The van der Waals surface area contributed by atoms with Crippen molar-refractivity contribution >= 4 is 17.4 Å². The molecular formula is C30H30N2O2. The van der Waals surface area contributed by atoms with Crippen molar-refractivity contribution in [3.8, 4) is 0 Å². The number of fused-ring (bicyclic) bond motifs is 1. The van der Waals surface area contributed by atoms with Gasteiger partial charge < -0.3 is 4.90 Å². The van der Waals surface area contributed by atoms with Crippen LogP contribution in [-0.2, 0) is 0 Å². The van der Waals surface area contributed by atoms with Gasteiger partial charge in [-0.05, 0) is 61.1 Å². The smallest absolute Gasteiger partial charge is 0.261 e. The van der Waals surface area contributed by atoms with E-state index in [4.69, 9.17) is 0 Å². The molecule has 2 aliphatic heterocycles. The van der Waals surface area contributed by atoms with Gasteiger partial charge in [-0.2, -0.15) is 0 Å². The predicted octanol–water partition coefficient (Wildman–Crippen LogP) is 5.66. The Morgan fingerprint density at radius 2 is 1.09 bits per heavy atom. The molecule has 0 saturated carbocycles. The predicted molar refractivity (Wildman–Crippen MR) is 136 cm³/mol. The number of nitrogens with zero attached hydrogens (tertiary/aromatic N) is 2. The largest absolute Gasteiger partial charge is 0.303 e. The number of hydrogen-bond acceptors (Lipinski definition) is 3. The van der Waals surface area contributed by atoms with E-state index in [9.17, 15) is 9.59 Å². The molecule has 0 unspecified atom stereocenters. The summed E-state index contributed by atoms with van der Waals surface area (Å²) in [6, 6.07) is 28.5. The number of likely N-dealkylation sites (tertiary alicyclic amines) is 1. The average Bonchev–Trinajstić information content (AvgIpc) is 3.14. The third kappa shape index (κ3) is 4.59. The van der Waals surface area contributed by atoms with Gasteiger partial charge in [0.1, 0.15) is 0 Å². The number of carbonyl (C=O) groups is 2. The summed E-state index contributed by atoms with van der Waals surface area (Å²) in [6.45, 7) is 3.59. The first-order valence-electron chi connectivity index (χ1n) is 12.2. The zero-order chi connectivity index (χ0) is 23.3. The fourth-order valence-corrected chi connectivity index (χ4v) is 5.13. The Labute approximate surface area is 201 Å². The first kappa shape index (κ1) is 22.3. The third-order valence-corrected chi connectivity index (χ3v) is 6.92. The van der Waals surface area contributed by atoms with Crippen LogP contribution in [0, 0.1) is 0 Å². The maximum absolute atomic E-state index is 12.5. The molecule has 0 radical (unpaired) electrons. The van der Waals surface area contributed by atoms with Crippen molar-refractivity contribution in [2.45, 2.75) is 25.7 Å². The number of piperidine rings is 1. The average molecular weight is 451 g/mol. The molecule has 3 aromatic carbocycles. The zero-order valence-corrected chi connectivity index (χ0v) is 19.5. The molecule has 0 N–H and O–H groups in total. The lowest BCUT2D eigenvalue weighted by atomic mass is 9.88. The number of amides is 2. The molecule has 2 amide bonds. The molecule has 4 nitrogen and oxygen atoms in total. The van der Waals surface area contributed by atoms with Crippen molar-refractivity contribution < 1.29 is 9.59 Å². The summed E-state index contributed by atoms with van der Waals surface area (Å²) in [4.78, 5) is 29.0. The van der Waals surface area contributed by atoms with Crippen LogP contribution in [0.3, 0.4) is 0 Å². The highest BCUT2D eigenvalue weighted by Crippen LogP contribution is 2.32. The van der Waals surface area contributed by atoms with Crippen molar-refractivity contribution in [1.29, 1.82) is 0 Å². The van der Waals surface area contributed by atoms with E-state index in [0.717, 1.165) is 45.3 Å². The Morgan fingerprint density at radius 3 is 1.62 bits per heavy atom. The molecule has 34 heavy (non-hydrogen) atoms. The van der Waals surface area contributed by atoms with Crippen LogP contribution in [0.2, 0.25) is 0 Å². The minimum absolute atomic E-state index is 0.150. The molecule has 0 aliphatic carbocycles. The number of benzene rings is 3. The number of hydrogen-bond donors (Lipinski definition) is 0. The third-order valence-electron chi connectivity index (χ3n) is 6.92. The van der Waals surface area contributed by atoms with E-state index in [1.807, 2.05) is 12.1 Å². The normalized spacial score (nSPS) is 16.1. The van der Waals surface area contributed by atoms with Crippen molar-refractivity contribution in [2.24, 2.45) is 0 Å². The highest BCUT2D eigenvalue weighted by Gasteiger charge is 2.34. The highest BCUT2D eigenvalue weighted by molar-refractivity contribution is 6.21. The quantitative estimate of drug-likeness (QED) is 0.344. The second-order valence-corrected chi connectivity index (χ2v) is 9.07. The summed E-state index contributed by atoms with van der Waals surface area (Å²) >= 11 is 0. The van der Waals surface area contributed by atoms with Crippen LogP contribution in [0.4, 0.5) is 0 Å². The molecule has 0 bridgehead atoms. The van der Waals surface area contributed by atoms with Gasteiger partial charge >= 0.3 is 0 Å². The van der Waals surface area contributed by atoms with Gasteiger partial charge in [-0.15, -0.1) is 0 Å². The van der Waals surface area contributed by atoms with Crippen LogP contribution >= 0.6 is 0 Å². The number of imide groups is 1. The molecule has 4 heteroatoms. The summed E-state index contributed by atoms with van der Waals surface area (Å²) < 4.78 is 0. The van der Waals surface area contributed by atoms with Gasteiger partial charge in [0.05, 0.1) is 11.1 Å². The van der Waals surface area contributed by atoms with Crippen LogP contribution in [0.15, 0.2) is 90.5 Å². The topological polar surface area (TPSA) is 40.6 Å². The molecule has 0 atom stereocenters. The lowest BCUT2D eigenvalue weighted by Crippen LogP contribution is -2.33. The Kier molecular flexibility index (Phi) is 6.68. The Hall–Kier alpha value is -3.50. The monoisotopic (exact) mass is 450 g/mol. The Bertz CT molecular complexity index is 1110. The first-order chi connectivity index (χ1) is 16.7. The first-order valence-corrected chi connectivity index (χ1v) is 12.2. The van der Waals surface area contributed by atoms with E-state index in [2.05, 4.69) is 65.6 Å². The summed E-state index contributed by atoms with van der Waals surface area (Å²) in [7, 11) is 0. The van der Waals surface area contributed by atoms with Crippen LogP contribution in [0.25, 0.3) is 5.57 Å². The number of rotatable bonds is 7. The number of carbonyl (C=O) groups excluding carboxylic acids is 2. The van der Waals surface area contributed by atoms with E-state index < -0.39 is 0 Å². The summed E-state index contributed by atoms with van der Waals surface area (Å²) in [6.07, 6.45) is 3.95. The van der Waals surface area contributed by atoms with Crippen molar-refractivity contribution in [2.75, 3.05) is 26.2 Å². The molecule has 0 aromatic heterocycles.